The third-order valence-electron chi connectivity index (χ3n) is 3.27. The lowest BCUT2D eigenvalue weighted by Crippen LogP contribution is -2.27. The maximum absolute atomic E-state index is 6.33. The molecule has 0 atom stereocenters. The molecule has 0 aliphatic heterocycles. The summed E-state index contributed by atoms with van der Waals surface area (Å²) in [5.41, 5.74) is 7.60. The van der Waals surface area contributed by atoms with Crippen LogP contribution in [0.1, 0.15) is 40.5 Å². The zero-order valence-corrected chi connectivity index (χ0v) is 13.4. The van der Waals surface area contributed by atoms with Gasteiger partial charge in [-0.3, -0.25) is 0 Å². The van der Waals surface area contributed by atoms with Crippen molar-refractivity contribution in [3.8, 4) is 0 Å². The topological polar surface area (TPSA) is 29.3 Å². The highest BCUT2D eigenvalue weighted by atomic mass is 35.5. The summed E-state index contributed by atoms with van der Waals surface area (Å²) in [6.07, 6.45) is 2.36. The summed E-state index contributed by atoms with van der Waals surface area (Å²) in [7, 11) is 0. The Bertz CT molecular complexity index is 376. The molecule has 19 heavy (non-hydrogen) atoms. The van der Waals surface area contributed by atoms with Gasteiger partial charge in [0.15, 0.2) is 0 Å². The van der Waals surface area contributed by atoms with Gasteiger partial charge in [0.1, 0.15) is 0 Å². The second-order valence-electron chi connectivity index (χ2n) is 6.06. The van der Waals surface area contributed by atoms with E-state index in [-0.39, 0.29) is 0 Å². The van der Waals surface area contributed by atoms with E-state index in [0.717, 1.165) is 29.5 Å². The maximum Gasteiger partial charge on any atom is 0.0660 e. The van der Waals surface area contributed by atoms with Crippen LogP contribution in [0.3, 0.4) is 0 Å². The van der Waals surface area contributed by atoms with Gasteiger partial charge in [0.2, 0.25) is 0 Å². The molecule has 2 nitrogen and oxygen atoms in total. The first kappa shape index (κ1) is 16.2. The fourth-order valence-electron chi connectivity index (χ4n) is 1.96. The van der Waals surface area contributed by atoms with E-state index in [9.17, 15) is 0 Å². The Kier molecular flexibility index (Phi) is 6.50. The highest BCUT2D eigenvalue weighted by molar-refractivity contribution is 6.33. The Labute approximate surface area is 122 Å². The number of anilines is 2. The smallest absolute Gasteiger partial charge is 0.0660 e. The minimum atomic E-state index is 0.703. The molecule has 0 unspecified atom stereocenters. The van der Waals surface area contributed by atoms with E-state index < -0.39 is 0 Å². The number of hydrogen-bond acceptors (Lipinski definition) is 2. The summed E-state index contributed by atoms with van der Waals surface area (Å²) >= 11 is 6.33. The first-order valence-electron chi connectivity index (χ1n) is 7.20. The largest absolute Gasteiger partial charge is 0.399 e. The second-order valence-corrected chi connectivity index (χ2v) is 6.47. The molecular weight excluding hydrogens is 256 g/mol. The van der Waals surface area contributed by atoms with Gasteiger partial charge in [-0.1, -0.05) is 39.3 Å². The van der Waals surface area contributed by atoms with Crippen LogP contribution >= 0.6 is 11.6 Å². The average molecular weight is 283 g/mol. The van der Waals surface area contributed by atoms with E-state index >= 15 is 0 Å². The van der Waals surface area contributed by atoms with Crippen LogP contribution in [0.15, 0.2) is 18.2 Å². The molecule has 0 spiro atoms. The van der Waals surface area contributed by atoms with Crippen LogP contribution in [-0.2, 0) is 0 Å². The molecule has 1 aromatic rings. The number of benzene rings is 1. The molecular formula is C16H27ClN2. The van der Waals surface area contributed by atoms with Gasteiger partial charge < -0.3 is 10.6 Å². The van der Waals surface area contributed by atoms with Crippen molar-refractivity contribution in [2.24, 2.45) is 11.8 Å². The molecule has 0 radical (unpaired) electrons. The molecule has 0 saturated heterocycles. The van der Waals surface area contributed by atoms with Crippen molar-refractivity contribution in [1.29, 1.82) is 0 Å². The van der Waals surface area contributed by atoms with Crippen molar-refractivity contribution in [3.05, 3.63) is 23.2 Å². The minimum Gasteiger partial charge on any atom is -0.399 e. The number of nitrogens with two attached hydrogens (primary N) is 1. The lowest BCUT2D eigenvalue weighted by atomic mass is 10.1. The Hall–Kier alpha value is -0.890. The van der Waals surface area contributed by atoms with E-state index in [4.69, 9.17) is 17.3 Å². The predicted molar refractivity (Wildman–Crippen MR) is 87.0 cm³/mol. The Morgan fingerprint density at radius 3 is 2.00 bits per heavy atom. The summed E-state index contributed by atoms with van der Waals surface area (Å²) in [6, 6.07) is 5.81. The van der Waals surface area contributed by atoms with Gasteiger partial charge in [-0.05, 0) is 42.9 Å². The monoisotopic (exact) mass is 282 g/mol. The lowest BCUT2D eigenvalue weighted by Gasteiger charge is -2.27. The van der Waals surface area contributed by atoms with Gasteiger partial charge in [-0.2, -0.15) is 0 Å². The van der Waals surface area contributed by atoms with Gasteiger partial charge in [-0.25, -0.2) is 0 Å². The molecule has 0 aliphatic carbocycles. The van der Waals surface area contributed by atoms with E-state index in [1.165, 1.54) is 12.8 Å². The fraction of sp³-hybridized carbons (Fsp3) is 0.625. The number of halogens is 1. The number of hydrogen-bond donors (Lipinski definition) is 1. The minimum absolute atomic E-state index is 0.703. The van der Waals surface area contributed by atoms with Crippen LogP contribution in [0.4, 0.5) is 11.4 Å². The average Bonchev–Trinajstić information content (AvgIpc) is 2.30. The van der Waals surface area contributed by atoms with Crippen LogP contribution in [0.5, 0.6) is 0 Å². The fourth-order valence-corrected chi connectivity index (χ4v) is 2.27. The van der Waals surface area contributed by atoms with Gasteiger partial charge in [-0.15, -0.1) is 0 Å². The Morgan fingerprint density at radius 2 is 1.58 bits per heavy atom. The third kappa shape index (κ3) is 5.73. The quantitative estimate of drug-likeness (QED) is 0.727. The summed E-state index contributed by atoms with van der Waals surface area (Å²) < 4.78 is 0. The van der Waals surface area contributed by atoms with E-state index in [1.54, 1.807) is 0 Å². The van der Waals surface area contributed by atoms with E-state index in [0.29, 0.717) is 11.8 Å². The summed E-state index contributed by atoms with van der Waals surface area (Å²) in [5, 5.41) is 0.757. The van der Waals surface area contributed by atoms with Crippen LogP contribution in [0.25, 0.3) is 0 Å². The van der Waals surface area contributed by atoms with E-state index in [1.807, 2.05) is 18.2 Å². The number of nitrogens with zero attached hydrogens (tertiary/aromatic N) is 1. The Morgan fingerprint density at radius 1 is 1.05 bits per heavy atom. The first-order chi connectivity index (χ1) is 8.90. The molecule has 0 heterocycles. The van der Waals surface area contributed by atoms with Gasteiger partial charge in [0, 0.05) is 18.8 Å². The van der Waals surface area contributed by atoms with Crippen LogP contribution < -0.4 is 10.6 Å². The van der Waals surface area contributed by atoms with Crippen LogP contribution in [-0.4, -0.2) is 13.1 Å². The lowest BCUT2D eigenvalue weighted by molar-refractivity contribution is 0.535. The molecule has 1 aromatic carbocycles. The zero-order chi connectivity index (χ0) is 14.4. The number of rotatable bonds is 7. The maximum atomic E-state index is 6.33. The molecule has 0 amide bonds. The first-order valence-corrected chi connectivity index (χ1v) is 7.58. The Balaban J connectivity index is 2.81. The summed E-state index contributed by atoms with van der Waals surface area (Å²) in [4.78, 5) is 2.39. The van der Waals surface area contributed by atoms with Crippen molar-refractivity contribution in [2.45, 2.75) is 40.5 Å². The van der Waals surface area contributed by atoms with Crippen LogP contribution in [0, 0.1) is 11.8 Å². The third-order valence-corrected chi connectivity index (χ3v) is 3.57. The highest BCUT2D eigenvalue weighted by Crippen LogP contribution is 2.28. The number of nitrogen functional groups attached to an aromatic ring is 1. The van der Waals surface area contributed by atoms with Gasteiger partial charge >= 0.3 is 0 Å². The molecule has 2 N–H and O–H groups in total. The zero-order valence-electron chi connectivity index (χ0n) is 12.6. The van der Waals surface area contributed by atoms with Crippen molar-refractivity contribution in [1.82, 2.24) is 0 Å². The molecule has 3 heteroatoms. The molecule has 0 fully saturated rings. The summed E-state index contributed by atoms with van der Waals surface area (Å²) in [6.45, 7) is 11.1. The van der Waals surface area contributed by atoms with Crippen molar-refractivity contribution in [3.63, 3.8) is 0 Å². The molecule has 0 aliphatic rings. The van der Waals surface area contributed by atoms with Crippen molar-refractivity contribution >= 4 is 23.0 Å². The second kappa shape index (κ2) is 7.64. The summed E-state index contributed by atoms with van der Waals surface area (Å²) in [5.74, 6) is 1.41. The standard InChI is InChI=1S/C16H27ClN2/c1-12(2)7-9-19(10-8-13(3)4)16-6-5-14(18)11-15(16)17/h5-6,11-13H,7-10,18H2,1-4H3. The van der Waals surface area contributed by atoms with Gasteiger partial charge in [0.05, 0.1) is 10.7 Å². The van der Waals surface area contributed by atoms with Crippen molar-refractivity contribution in [2.75, 3.05) is 23.7 Å². The normalized spacial score (nSPS) is 11.3. The van der Waals surface area contributed by atoms with E-state index in [2.05, 4.69) is 32.6 Å². The molecule has 0 bridgehead atoms. The molecule has 1 rings (SSSR count). The highest BCUT2D eigenvalue weighted by Gasteiger charge is 2.12. The molecule has 0 saturated carbocycles. The van der Waals surface area contributed by atoms with Gasteiger partial charge in [0.25, 0.3) is 0 Å². The molecule has 0 aromatic heterocycles. The van der Waals surface area contributed by atoms with Crippen molar-refractivity contribution < 1.29 is 0 Å². The predicted octanol–water partition coefficient (Wildman–Crippen LogP) is 4.82. The SMILES string of the molecule is CC(C)CCN(CCC(C)C)c1ccc(N)cc1Cl. The van der Waals surface area contributed by atoms with Crippen LogP contribution in [0.2, 0.25) is 5.02 Å². The molecule has 108 valence electrons.